The lowest BCUT2D eigenvalue weighted by atomic mass is 9.61. The van der Waals surface area contributed by atoms with Gasteiger partial charge in [-0.2, -0.15) is 0 Å². The molecule has 7 aromatic carbocycles. The van der Waals surface area contributed by atoms with E-state index in [1.54, 1.807) is 0 Å². The van der Waals surface area contributed by atoms with Gasteiger partial charge in [0, 0.05) is 55.1 Å². The maximum atomic E-state index is 6.76. The number of fused-ring (bicyclic) bond motifs is 11. The summed E-state index contributed by atoms with van der Waals surface area (Å²) in [5, 5.41) is 0. The van der Waals surface area contributed by atoms with Gasteiger partial charge in [-0.25, -0.2) is 9.97 Å². The van der Waals surface area contributed by atoms with Gasteiger partial charge in [0.1, 0.15) is 11.5 Å². The van der Waals surface area contributed by atoms with Crippen molar-refractivity contribution in [2.45, 2.75) is 21.1 Å². The smallest absolute Gasteiger partial charge is 0.160 e. The van der Waals surface area contributed by atoms with E-state index in [9.17, 15) is 0 Å². The van der Waals surface area contributed by atoms with E-state index in [4.69, 9.17) is 14.7 Å². The summed E-state index contributed by atoms with van der Waals surface area (Å²) in [6.45, 7) is 0. The van der Waals surface area contributed by atoms with Crippen molar-refractivity contribution in [3.05, 3.63) is 222 Å². The maximum absolute atomic E-state index is 6.76. The average molecular weight is 762 g/mol. The highest BCUT2D eigenvalue weighted by Crippen LogP contribution is 2.64. The molecular weight excluding hydrogens is 727 g/mol. The molecular formula is C53H35N3OS. The van der Waals surface area contributed by atoms with Crippen LogP contribution in [-0.4, -0.2) is 9.97 Å². The van der Waals surface area contributed by atoms with E-state index in [2.05, 4.69) is 187 Å². The van der Waals surface area contributed by atoms with Crippen LogP contribution in [0.3, 0.4) is 0 Å². The Morgan fingerprint density at radius 2 is 1.12 bits per heavy atom. The minimum absolute atomic E-state index is 0.186. The Hall–Kier alpha value is -6.95. The first kappa shape index (κ1) is 33.2. The van der Waals surface area contributed by atoms with E-state index in [1.807, 2.05) is 30.0 Å². The van der Waals surface area contributed by atoms with Crippen molar-refractivity contribution >= 4 is 28.8 Å². The van der Waals surface area contributed by atoms with E-state index in [-0.39, 0.29) is 11.8 Å². The van der Waals surface area contributed by atoms with Gasteiger partial charge < -0.3 is 9.64 Å². The van der Waals surface area contributed by atoms with Crippen LogP contribution in [0.25, 0.3) is 33.9 Å². The van der Waals surface area contributed by atoms with Crippen LogP contribution >= 0.6 is 11.8 Å². The van der Waals surface area contributed by atoms with Gasteiger partial charge in [-0.15, -0.1) is 0 Å². The number of hydrogen-bond donors (Lipinski definition) is 0. The molecule has 0 saturated carbocycles. The minimum Gasteiger partial charge on any atom is -0.457 e. The van der Waals surface area contributed by atoms with E-state index >= 15 is 0 Å². The fraction of sp³-hybridized carbons (Fsp3) is 0.0566. The topological polar surface area (TPSA) is 38.2 Å². The number of rotatable bonds is 4. The largest absolute Gasteiger partial charge is 0.457 e. The van der Waals surface area contributed by atoms with Crippen molar-refractivity contribution in [2.75, 3.05) is 4.90 Å². The van der Waals surface area contributed by atoms with Crippen LogP contribution in [-0.2, 0) is 5.41 Å². The molecule has 4 aliphatic rings. The molecule has 1 aromatic heterocycles. The molecule has 2 aliphatic heterocycles. The summed E-state index contributed by atoms with van der Waals surface area (Å²) in [6.07, 6.45) is 9.19. The molecule has 1 spiro atoms. The van der Waals surface area contributed by atoms with Gasteiger partial charge in [0.05, 0.1) is 28.2 Å². The summed E-state index contributed by atoms with van der Waals surface area (Å²) in [7, 11) is 0. The average Bonchev–Trinajstić information content (AvgIpc) is 3.59. The SMILES string of the molecule is C1=CC2c3ccccc3C3(c4ccccc4Oc4ccc(-c5cc(-c6ccc(N7c8ccccc8Sc8ccccc87)cc6)nc(-c6ccccc6)n5)cc43)C2C=C1. The molecule has 0 saturated heterocycles. The first-order valence-electron chi connectivity index (χ1n) is 19.8. The lowest BCUT2D eigenvalue weighted by Gasteiger charge is -2.43. The van der Waals surface area contributed by atoms with Crippen molar-refractivity contribution in [1.82, 2.24) is 9.97 Å². The van der Waals surface area contributed by atoms with Crippen molar-refractivity contribution < 1.29 is 4.74 Å². The van der Waals surface area contributed by atoms with Gasteiger partial charge in [-0.05, 0) is 77.9 Å². The molecule has 3 unspecified atom stereocenters. The molecule has 274 valence electrons. The van der Waals surface area contributed by atoms with Crippen molar-refractivity contribution in [1.29, 1.82) is 0 Å². The van der Waals surface area contributed by atoms with Crippen molar-refractivity contribution in [3.8, 4) is 45.4 Å². The van der Waals surface area contributed by atoms with Crippen LogP contribution in [0.4, 0.5) is 17.1 Å². The molecule has 58 heavy (non-hydrogen) atoms. The number of anilines is 3. The second-order valence-corrected chi connectivity index (χ2v) is 16.4. The number of para-hydroxylation sites is 3. The standard InChI is InChI=1S/C53H35N3OS/c1-2-14-35(15-3-1)52-54-44(34-26-29-37(30-27-34)56-46-21-9-12-24-50(46)58-51-25-13-10-22-47(51)56)33-45(55-52)36-28-31-49-43(32-36)53(42-20-8-11-23-48(42)57-49)40-18-6-4-16-38(40)39-17-5-7-19-41(39)53/h1-33,38,40H. The molecule has 12 rings (SSSR count). The Morgan fingerprint density at radius 1 is 0.500 bits per heavy atom. The van der Waals surface area contributed by atoms with E-state index in [0.29, 0.717) is 5.82 Å². The predicted molar refractivity (Wildman–Crippen MR) is 234 cm³/mol. The summed E-state index contributed by atoms with van der Waals surface area (Å²) in [5.41, 5.74) is 12.8. The highest BCUT2D eigenvalue weighted by atomic mass is 32.2. The lowest BCUT2D eigenvalue weighted by molar-refractivity contribution is 0.374. The predicted octanol–water partition coefficient (Wildman–Crippen LogP) is 13.7. The number of nitrogens with zero attached hydrogens (tertiary/aromatic N) is 3. The van der Waals surface area contributed by atoms with Gasteiger partial charge in [-0.3, -0.25) is 0 Å². The first-order chi connectivity index (χ1) is 28.7. The van der Waals surface area contributed by atoms with E-state index in [1.165, 1.54) is 37.9 Å². The minimum atomic E-state index is -0.444. The summed E-state index contributed by atoms with van der Waals surface area (Å²) >= 11 is 1.82. The highest BCUT2D eigenvalue weighted by molar-refractivity contribution is 7.99. The monoisotopic (exact) mass is 761 g/mol. The molecule has 8 aromatic rings. The molecule has 3 atom stereocenters. The second-order valence-electron chi connectivity index (χ2n) is 15.3. The second kappa shape index (κ2) is 13.1. The normalized spacial score (nSPS) is 19.0. The van der Waals surface area contributed by atoms with Gasteiger partial charge >= 0.3 is 0 Å². The van der Waals surface area contributed by atoms with Gasteiger partial charge in [-0.1, -0.05) is 145 Å². The number of aromatic nitrogens is 2. The number of allylic oxidation sites excluding steroid dienone is 4. The maximum Gasteiger partial charge on any atom is 0.160 e. The summed E-state index contributed by atoms with van der Waals surface area (Å²) in [5.74, 6) is 2.93. The molecule has 0 radical (unpaired) electrons. The Morgan fingerprint density at radius 3 is 1.91 bits per heavy atom. The third-order valence-corrected chi connectivity index (χ3v) is 13.4. The van der Waals surface area contributed by atoms with Crippen LogP contribution in [0.2, 0.25) is 0 Å². The van der Waals surface area contributed by atoms with Gasteiger partial charge in [0.25, 0.3) is 0 Å². The van der Waals surface area contributed by atoms with Crippen LogP contribution in [0, 0.1) is 5.92 Å². The third-order valence-electron chi connectivity index (χ3n) is 12.2. The first-order valence-corrected chi connectivity index (χ1v) is 20.6. The van der Waals surface area contributed by atoms with Crippen molar-refractivity contribution in [2.24, 2.45) is 5.92 Å². The molecule has 0 amide bonds. The third kappa shape index (κ3) is 4.96. The molecule has 4 nitrogen and oxygen atoms in total. The molecule has 0 N–H and O–H groups in total. The molecule has 3 heterocycles. The number of benzene rings is 7. The van der Waals surface area contributed by atoms with Crippen LogP contribution < -0.4 is 9.64 Å². The molecule has 0 fully saturated rings. The summed E-state index contributed by atoms with van der Waals surface area (Å²) in [4.78, 5) is 15.3. The van der Waals surface area contributed by atoms with Gasteiger partial charge in [0.2, 0.25) is 0 Å². The fourth-order valence-electron chi connectivity index (χ4n) is 9.75. The Bertz CT molecular complexity index is 2950. The van der Waals surface area contributed by atoms with Crippen LogP contribution in [0.1, 0.15) is 28.2 Å². The summed E-state index contributed by atoms with van der Waals surface area (Å²) in [6, 6.07) is 62.7. The molecule has 2 aliphatic carbocycles. The van der Waals surface area contributed by atoms with Crippen molar-refractivity contribution in [3.63, 3.8) is 0 Å². The number of ether oxygens (including phenoxy) is 1. The zero-order valence-corrected chi connectivity index (χ0v) is 32.2. The number of hydrogen-bond acceptors (Lipinski definition) is 5. The fourth-order valence-corrected chi connectivity index (χ4v) is 10.8. The Kier molecular flexibility index (Phi) is 7.47. The molecule has 5 heteroatoms. The zero-order valence-electron chi connectivity index (χ0n) is 31.4. The zero-order chi connectivity index (χ0) is 38.2. The van der Waals surface area contributed by atoms with Crippen LogP contribution in [0.15, 0.2) is 210 Å². The molecule has 0 bridgehead atoms. The Labute approximate surface area is 341 Å². The van der Waals surface area contributed by atoms with E-state index in [0.717, 1.165) is 50.8 Å². The highest BCUT2D eigenvalue weighted by Gasteiger charge is 2.56. The summed E-state index contributed by atoms with van der Waals surface area (Å²) < 4.78 is 6.76. The van der Waals surface area contributed by atoms with E-state index < -0.39 is 5.41 Å². The van der Waals surface area contributed by atoms with Gasteiger partial charge in [0.15, 0.2) is 5.82 Å². The quantitative estimate of drug-likeness (QED) is 0.179. The Balaban J connectivity index is 1.01. The van der Waals surface area contributed by atoms with Crippen LogP contribution in [0.5, 0.6) is 11.5 Å². The lowest BCUT2D eigenvalue weighted by Crippen LogP contribution is -2.37.